The van der Waals surface area contributed by atoms with Crippen molar-refractivity contribution >= 4 is 5.97 Å². The first-order valence-corrected chi connectivity index (χ1v) is 5.41. The summed E-state index contributed by atoms with van der Waals surface area (Å²) in [5, 5.41) is 0. The first-order valence-electron chi connectivity index (χ1n) is 5.41. The van der Waals surface area contributed by atoms with Crippen LogP contribution in [-0.2, 0) is 9.53 Å². The number of rotatable bonds is 4. The van der Waals surface area contributed by atoms with E-state index in [0.29, 0.717) is 18.3 Å². The zero-order valence-electron chi connectivity index (χ0n) is 9.45. The van der Waals surface area contributed by atoms with Crippen molar-refractivity contribution in [2.45, 2.75) is 26.7 Å². The lowest BCUT2D eigenvalue weighted by Crippen LogP contribution is -2.25. The van der Waals surface area contributed by atoms with Crippen LogP contribution >= 0.6 is 0 Å². The van der Waals surface area contributed by atoms with Crippen LogP contribution in [0, 0.1) is 11.8 Å². The molecule has 0 spiro atoms. The first-order chi connectivity index (χ1) is 6.61. The lowest BCUT2D eigenvalue weighted by molar-refractivity contribution is -0.141. The summed E-state index contributed by atoms with van der Waals surface area (Å²) >= 11 is 0. The number of likely N-dealkylation sites (tertiary alicyclic amines) is 1. The summed E-state index contributed by atoms with van der Waals surface area (Å²) in [6, 6.07) is 0. The molecular weight excluding hydrogens is 178 g/mol. The maximum Gasteiger partial charge on any atom is 0.305 e. The van der Waals surface area contributed by atoms with Gasteiger partial charge in [0.2, 0.25) is 0 Å². The van der Waals surface area contributed by atoms with Gasteiger partial charge < -0.3 is 9.64 Å². The van der Waals surface area contributed by atoms with Gasteiger partial charge in [-0.25, -0.2) is 0 Å². The Morgan fingerprint density at radius 2 is 2.29 bits per heavy atom. The van der Waals surface area contributed by atoms with Crippen molar-refractivity contribution in [3.63, 3.8) is 0 Å². The van der Waals surface area contributed by atoms with E-state index in [2.05, 4.69) is 23.5 Å². The minimum atomic E-state index is -0.0682. The molecule has 1 fully saturated rings. The highest BCUT2D eigenvalue weighted by molar-refractivity contribution is 5.69. The van der Waals surface area contributed by atoms with Crippen molar-refractivity contribution < 1.29 is 9.53 Å². The molecule has 14 heavy (non-hydrogen) atoms. The lowest BCUT2D eigenvalue weighted by Gasteiger charge is -2.17. The molecule has 1 atom stereocenters. The van der Waals surface area contributed by atoms with Crippen molar-refractivity contribution in [2.75, 3.05) is 26.7 Å². The highest BCUT2D eigenvalue weighted by Crippen LogP contribution is 2.20. The van der Waals surface area contributed by atoms with Crippen molar-refractivity contribution in [3.05, 3.63) is 0 Å². The Morgan fingerprint density at radius 3 is 2.86 bits per heavy atom. The number of methoxy groups -OCH3 is 1. The van der Waals surface area contributed by atoms with Gasteiger partial charge in [0.25, 0.3) is 0 Å². The van der Waals surface area contributed by atoms with Crippen molar-refractivity contribution in [2.24, 2.45) is 11.8 Å². The van der Waals surface area contributed by atoms with Gasteiger partial charge in [0.1, 0.15) is 0 Å². The predicted molar refractivity (Wildman–Crippen MR) is 56.0 cm³/mol. The molecule has 0 N–H and O–H groups in total. The van der Waals surface area contributed by atoms with Crippen molar-refractivity contribution in [1.29, 1.82) is 0 Å². The van der Waals surface area contributed by atoms with Crippen LogP contribution in [0.1, 0.15) is 26.7 Å². The Balaban J connectivity index is 2.23. The molecule has 1 unspecified atom stereocenters. The largest absolute Gasteiger partial charge is 0.469 e. The van der Waals surface area contributed by atoms with E-state index in [4.69, 9.17) is 0 Å². The minimum absolute atomic E-state index is 0.0682. The fraction of sp³-hybridized carbons (Fsp3) is 0.909. The second-order valence-corrected chi connectivity index (χ2v) is 4.59. The van der Waals surface area contributed by atoms with E-state index in [1.165, 1.54) is 7.11 Å². The highest BCUT2D eigenvalue weighted by Gasteiger charge is 2.24. The van der Waals surface area contributed by atoms with Crippen LogP contribution in [-0.4, -0.2) is 37.6 Å². The molecule has 82 valence electrons. The summed E-state index contributed by atoms with van der Waals surface area (Å²) in [6.07, 6.45) is 1.73. The number of hydrogen-bond acceptors (Lipinski definition) is 3. The highest BCUT2D eigenvalue weighted by atomic mass is 16.5. The molecule has 0 aromatic heterocycles. The summed E-state index contributed by atoms with van der Waals surface area (Å²) in [4.78, 5) is 13.5. The molecule has 0 amide bonds. The van der Waals surface area contributed by atoms with E-state index in [9.17, 15) is 4.79 Å². The van der Waals surface area contributed by atoms with Gasteiger partial charge in [-0.1, -0.05) is 13.8 Å². The van der Waals surface area contributed by atoms with Crippen LogP contribution in [0.2, 0.25) is 0 Å². The Bertz CT molecular complexity index is 192. The Hall–Kier alpha value is -0.570. The van der Waals surface area contributed by atoms with Gasteiger partial charge in [0.05, 0.1) is 7.11 Å². The second-order valence-electron chi connectivity index (χ2n) is 4.59. The topological polar surface area (TPSA) is 29.5 Å². The minimum Gasteiger partial charge on any atom is -0.469 e. The fourth-order valence-corrected chi connectivity index (χ4v) is 2.08. The number of carbonyl (C=O) groups is 1. The Kier molecular flexibility index (Phi) is 4.39. The predicted octanol–water partition coefficient (Wildman–Crippen LogP) is 1.53. The molecule has 0 aromatic rings. The van der Waals surface area contributed by atoms with Crippen LogP contribution < -0.4 is 0 Å². The average Bonchev–Trinajstić information content (AvgIpc) is 2.51. The summed E-state index contributed by atoms with van der Waals surface area (Å²) in [6.45, 7) is 7.81. The Morgan fingerprint density at radius 1 is 1.57 bits per heavy atom. The molecule has 3 nitrogen and oxygen atoms in total. The standard InChI is InChI=1S/C11H21NO2/c1-9(2)7-12-5-4-10(8-12)6-11(13)14-3/h9-10H,4-8H2,1-3H3. The number of nitrogens with zero attached hydrogens (tertiary/aromatic N) is 1. The third kappa shape index (κ3) is 3.66. The first kappa shape index (κ1) is 11.5. The van der Waals surface area contributed by atoms with E-state index in [1.807, 2.05) is 0 Å². The van der Waals surface area contributed by atoms with Crippen molar-refractivity contribution in [3.8, 4) is 0 Å². The number of ether oxygens (including phenoxy) is 1. The van der Waals surface area contributed by atoms with E-state index >= 15 is 0 Å². The molecule has 0 saturated carbocycles. The van der Waals surface area contributed by atoms with E-state index in [1.54, 1.807) is 0 Å². The molecule has 0 aliphatic carbocycles. The quantitative estimate of drug-likeness (QED) is 0.643. The molecule has 1 saturated heterocycles. The van der Waals surface area contributed by atoms with Gasteiger partial charge in [-0.2, -0.15) is 0 Å². The summed E-state index contributed by atoms with van der Waals surface area (Å²) in [7, 11) is 1.46. The third-order valence-electron chi connectivity index (χ3n) is 2.68. The van der Waals surface area contributed by atoms with Crippen LogP contribution in [0.25, 0.3) is 0 Å². The summed E-state index contributed by atoms with van der Waals surface area (Å²) in [5.41, 5.74) is 0. The van der Waals surface area contributed by atoms with Gasteiger partial charge in [0, 0.05) is 19.5 Å². The SMILES string of the molecule is COC(=O)CC1CCN(CC(C)C)C1. The average molecular weight is 199 g/mol. The number of esters is 1. The van der Waals surface area contributed by atoms with E-state index in [-0.39, 0.29) is 5.97 Å². The maximum atomic E-state index is 11.1. The van der Waals surface area contributed by atoms with Crippen LogP contribution in [0.5, 0.6) is 0 Å². The smallest absolute Gasteiger partial charge is 0.305 e. The van der Waals surface area contributed by atoms with E-state index < -0.39 is 0 Å². The van der Waals surface area contributed by atoms with E-state index in [0.717, 1.165) is 26.1 Å². The number of carbonyl (C=O) groups excluding carboxylic acids is 1. The summed E-state index contributed by atoms with van der Waals surface area (Å²) in [5.74, 6) is 1.16. The van der Waals surface area contributed by atoms with Gasteiger partial charge in [-0.05, 0) is 24.8 Å². The zero-order chi connectivity index (χ0) is 10.6. The third-order valence-corrected chi connectivity index (χ3v) is 2.68. The van der Waals surface area contributed by atoms with Crippen LogP contribution in [0.15, 0.2) is 0 Å². The monoisotopic (exact) mass is 199 g/mol. The summed E-state index contributed by atoms with van der Waals surface area (Å²) < 4.78 is 4.67. The molecule has 1 aliphatic heterocycles. The molecular formula is C11H21NO2. The van der Waals surface area contributed by atoms with Gasteiger partial charge in [0.15, 0.2) is 0 Å². The van der Waals surface area contributed by atoms with Gasteiger partial charge >= 0.3 is 5.97 Å². The normalized spacial score (nSPS) is 23.0. The zero-order valence-corrected chi connectivity index (χ0v) is 9.45. The maximum absolute atomic E-state index is 11.1. The van der Waals surface area contributed by atoms with Crippen LogP contribution in [0.3, 0.4) is 0 Å². The molecule has 1 aliphatic rings. The number of hydrogen-bond donors (Lipinski definition) is 0. The molecule has 1 heterocycles. The molecule has 0 aromatic carbocycles. The fourth-order valence-electron chi connectivity index (χ4n) is 2.08. The lowest BCUT2D eigenvalue weighted by atomic mass is 10.1. The molecule has 3 heteroatoms. The van der Waals surface area contributed by atoms with Crippen LogP contribution in [0.4, 0.5) is 0 Å². The van der Waals surface area contributed by atoms with Crippen molar-refractivity contribution in [1.82, 2.24) is 4.90 Å². The van der Waals surface area contributed by atoms with Gasteiger partial charge in [-0.3, -0.25) is 4.79 Å². The molecule has 0 radical (unpaired) electrons. The van der Waals surface area contributed by atoms with Gasteiger partial charge in [-0.15, -0.1) is 0 Å². The Labute approximate surface area is 86.4 Å². The molecule has 0 bridgehead atoms. The second kappa shape index (κ2) is 5.35. The molecule has 1 rings (SSSR count).